The Morgan fingerprint density at radius 1 is 0.667 bits per heavy atom. The zero-order chi connectivity index (χ0) is 18.8. The van der Waals surface area contributed by atoms with Gasteiger partial charge in [-0.25, -0.2) is 0 Å². The van der Waals surface area contributed by atoms with Gasteiger partial charge in [-0.2, -0.15) is 0 Å². The number of rotatable bonds is 6. The lowest BCUT2D eigenvalue weighted by atomic mass is 9.97. The van der Waals surface area contributed by atoms with Gasteiger partial charge in [-0.05, 0) is 53.0 Å². The Labute approximate surface area is 167 Å². The first-order valence-electron chi connectivity index (χ1n) is 10.1. The van der Waals surface area contributed by atoms with Crippen LogP contribution in [0.5, 0.6) is 0 Å². The highest BCUT2D eigenvalue weighted by Crippen LogP contribution is 2.20. The van der Waals surface area contributed by atoms with Crippen LogP contribution in [0.4, 0.5) is 0 Å². The SMILES string of the molecule is C.CC(C)CCCc1ccccc1.CC(C)Cc1cccc2ccccc12. The van der Waals surface area contributed by atoms with Crippen molar-refractivity contribution in [1.82, 2.24) is 0 Å². The summed E-state index contributed by atoms with van der Waals surface area (Å²) in [6, 6.07) is 25.9. The van der Waals surface area contributed by atoms with Crippen LogP contribution >= 0.6 is 0 Å². The highest BCUT2D eigenvalue weighted by Gasteiger charge is 2.01. The Morgan fingerprint density at radius 3 is 1.96 bits per heavy atom. The average molecular weight is 363 g/mol. The van der Waals surface area contributed by atoms with Crippen LogP contribution in [0.2, 0.25) is 0 Å². The molecule has 0 aliphatic carbocycles. The molecule has 0 aliphatic rings. The van der Waals surface area contributed by atoms with Crippen LogP contribution in [-0.4, -0.2) is 0 Å². The highest BCUT2D eigenvalue weighted by molar-refractivity contribution is 5.85. The molecule has 0 nitrogen and oxygen atoms in total. The van der Waals surface area contributed by atoms with Gasteiger partial charge in [0.05, 0.1) is 0 Å². The minimum Gasteiger partial charge on any atom is -0.0776 e. The van der Waals surface area contributed by atoms with Gasteiger partial charge in [0.1, 0.15) is 0 Å². The van der Waals surface area contributed by atoms with Crippen LogP contribution in [0.15, 0.2) is 72.8 Å². The monoisotopic (exact) mass is 362 g/mol. The zero-order valence-corrected chi connectivity index (χ0v) is 16.9. The molecular weight excluding hydrogens is 324 g/mol. The fraction of sp³-hybridized carbons (Fsp3) is 0.407. The molecule has 3 aromatic rings. The van der Waals surface area contributed by atoms with Crippen LogP contribution in [0.3, 0.4) is 0 Å². The fourth-order valence-electron chi connectivity index (χ4n) is 3.27. The van der Waals surface area contributed by atoms with Gasteiger partial charge in [-0.1, -0.05) is 114 Å². The van der Waals surface area contributed by atoms with Gasteiger partial charge in [0.15, 0.2) is 0 Å². The van der Waals surface area contributed by atoms with Crippen molar-refractivity contribution >= 4 is 10.8 Å². The molecule has 146 valence electrons. The van der Waals surface area contributed by atoms with Crippen molar-refractivity contribution in [3.8, 4) is 0 Å². The van der Waals surface area contributed by atoms with Crippen molar-refractivity contribution in [2.45, 2.75) is 60.8 Å². The number of aryl methyl sites for hydroxylation is 1. The van der Waals surface area contributed by atoms with Gasteiger partial charge >= 0.3 is 0 Å². The molecular formula is C27H38. The third-order valence-corrected chi connectivity index (χ3v) is 4.60. The first-order valence-corrected chi connectivity index (χ1v) is 10.1. The quantitative estimate of drug-likeness (QED) is 0.413. The summed E-state index contributed by atoms with van der Waals surface area (Å²) in [4.78, 5) is 0. The maximum absolute atomic E-state index is 2.28. The molecule has 0 heteroatoms. The van der Waals surface area contributed by atoms with Crippen molar-refractivity contribution in [3.05, 3.63) is 83.9 Å². The van der Waals surface area contributed by atoms with Crippen molar-refractivity contribution in [2.24, 2.45) is 11.8 Å². The number of fused-ring (bicyclic) bond motifs is 1. The molecule has 0 N–H and O–H groups in total. The second kappa shape index (κ2) is 12.3. The van der Waals surface area contributed by atoms with E-state index in [0.717, 1.165) is 11.8 Å². The van der Waals surface area contributed by atoms with E-state index in [-0.39, 0.29) is 7.43 Å². The summed E-state index contributed by atoms with van der Waals surface area (Å²) in [5.74, 6) is 1.56. The Balaban J connectivity index is 0.000000264. The summed E-state index contributed by atoms with van der Waals surface area (Å²) < 4.78 is 0. The van der Waals surface area contributed by atoms with Crippen molar-refractivity contribution in [3.63, 3.8) is 0 Å². The van der Waals surface area contributed by atoms with Crippen LogP contribution < -0.4 is 0 Å². The van der Waals surface area contributed by atoms with Crippen molar-refractivity contribution in [1.29, 1.82) is 0 Å². The van der Waals surface area contributed by atoms with E-state index < -0.39 is 0 Å². The molecule has 0 saturated heterocycles. The lowest BCUT2D eigenvalue weighted by Gasteiger charge is -2.08. The first kappa shape index (κ1) is 23.0. The molecule has 3 aromatic carbocycles. The predicted octanol–water partition coefficient (Wildman–Crippen LogP) is 8.34. The van der Waals surface area contributed by atoms with Gasteiger partial charge in [0.2, 0.25) is 0 Å². The van der Waals surface area contributed by atoms with Gasteiger partial charge in [0, 0.05) is 0 Å². The van der Waals surface area contributed by atoms with E-state index in [1.807, 2.05) is 0 Å². The normalized spacial score (nSPS) is 10.4. The molecule has 0 spiro atoms. The fourth-order valence-corrected chi connectivity index (χ4v) is 3.27. The van der Waals surface area contributed by atoms with E-state index in [4.69, 9.17) is 0 Å². The molecule has 0 amide bonds. The van der Waals surface area contributed by atoms with E-state index in [9.17, 15) is 0 Å². The Bertz CT molecular complexity index is 748. The minimum absolute atomic E-state index is 0. The Hall–Kier alpha value is -2.08. The Morgan fingerprint density at radius 2 is 1.30 bits per heavy atom. The van der Waals surface area contributed by atoms with E-state index in [2.05, 4.69) is 100 Å². The topological polar surface area (TPSA) is 0 Å². The summed E-state index contributed by atoms with van der Waals surface area (Å²) >= 11 is 0. The molecule has 0 unspecified atom stereocenters. The lowest BCUT2D eigenvalue weighted by molar-refractivity contribution is 0.556. The molecule has 0 atom stereocenters. The van der Waals surface area contributed by atoms with Crippen molar-refractivity contribution < 1.29 is 0 Å². The van der Waals surface area contributed by atoms with Gasteiger partial charge in [0.25, 0.3) is 0 Å². The number of hydrogen-bond donors (Lipinski definition) is 0. The third kappa shape index (κ3) is 8.43. The maximum atomic E-state index is 2.28. The zero-order valence-electron chi connectivity index (χ0n) is 16.9. The number of hydrogen-bond acceptors (Lipinski definition) is 0. The minimum atomic E-state index is 0. The molecule has 0 bridgehead atoms. The summed E-state index contributed by atoms with van der Waals surface area (Å²) in [5.41, 5.74) is 2.94. The smallest absolute Gasteiger partial charge is 0.0152 e. The second-order valence-corrected chi connectivity index (χ2v) is 8.01. The molecule has 0 fully saturated rings. The van der Waals surface area contributed by atoms with Gasteiger partial charge in [-0.15, -0.1) is 0 Å². The van der Waals surface area contributed by atoms with E-state index >= 15 is 0 Å². The highest BCUT2D eigenvalue weighted by atomic mass is 14.1. The second-order valence-electron chi connectivity index (χ2n) is 8.01. The van der Waals surface area contributed by atoms with E-state index in [1.165, 1.54) is 47.6 Å². The third-order valence-electron chi connectivity index (χ3n) is 4.60. The van der Waals surface area contributed by atoms with E-state index in [1.54, 1.807) is 0 Å². The summed E-state index contributed by atoms with van der Waals surface area (Å²) in [6.07, 6.45) is 5.07. The van der Waals surface area contributed by atoms with Crippen molar-refractivity contribution in [2.75, 3.05) is 0 Å². The van der Waals surface area contributed by atoms with Crippen LogP contribution in [0.25, 0.3) is 10.8 Å². The number of benzene rings is 3. The lowest BCUT2D eigenvalue weighted by Crippen LogP contribution is -1.94. The van der Waals surface area contributed by atoms with Gasteiger partial charge in [-0.3, -0.25) is 0 Å². The molecule has 27 heavy (non-hydrogen) atoms. The van der Waals surface area contributed by atoms with Crippen LogP contribution in [-0.2, 0) is 12.8 Å². The largest absolute Gasteiger partial charge is 0.0776 e. The van der Waals surface area contributed by atoms with Crippen LogP contribution in [0, 0.1) is 11.8 Å². The average Bonchev–Trinajstić information content (AvgIpc) is 2.63. The summed E-state index contributed by atoms with van der Waals surface area (Å²) in [5, 5.41) is 2.76. The first-order chi connectivity index (χ1) is 12.6. The van der Waals surface area contributed by atoms with E-state index in [0.29, 0.717) is 0 Å². The molecule has 0 radical (unpaired) electrons. The maximum Gasteiger partial charge on any atom is -0.0152 e. The molecule has 3 rings (SSSR count). The Kier molecular flexibility index (Phi) is 10.5. The standard InChI is InChI=1S/C14H16.C12H18.CH4/c1-11(2)10-13-8-5-7-12-6-3-4-9-14(12)13;1-11(2)7-6-10-12-8-4-3-5-9-12;/h3-9,11H,10H2,1-2H3;3-5,8-9,11H,6-7,10H2,1-2H3;1H4. The van der Waals surface area contributed by atoms with Gasteiger partial charge < -0.3 is 0 Å². The summed E-state index contributed by atoms with van der Waals surface area (Å²) in [6.45, 7) is 9.10. The summed E-state index contributed by atoms with van der Waals surface area (Å²) in [7, 11) is 0. The predicted molar refractivity (Wildman–Crippen MR) is 123 cm³/mol. The molecule has 0 aromatic heterocycles. The molecule has 0 saturated carbocycles. The molecule has 0 heterocycles. The molecule has 0 aliphatic heterocycles. The van der Waals surface area contributed by atoms with Crippen LogP contribution in [0.1, 0.15) is 59.1 Å².